The fourth-order valence-corrected chi connectivity index (χ4v) is 5.29. The van der Waals surface area contributed by atoms with E-state index in [0.717, 1.165) is 28.0 Å². The fourth-order valence-electron chi connectivity index (χ4n) is 3.53. The van der Waals surface area contributed by atoms with E-state index >= 15 is 0 Å². The van der Waals surface area contributed by atoms with Crippen LogP contribution in [-0.4, -0.2) is 54.9 Å². The van der Waals surface area contributed by atoms with Crippen LogP contribution < -0.4 is 4.74 Å². The van der Waals surface area contributed by atoms with E-state index < -0.39 is 4.75 Å². The Morgan fingerprint density at radius 1 is 1.21 bits per heavy atom. The molecular weight excluding hydrogens is 462 g/mol. The molecule has 28 heavy (non-hydrogen) atoms. The minimum Gasteiger partial charge on any atom is -0.491 e. The first-order valence-corrected chi connectivity index (χ1v) is 11.2. The summed E-state index contributed by atoms with van der Waals surface area (Å²) in [7, 11) is 0. The Morgan fingerprint density at radius 3 is 2.64 bits per heavy atom. The van der Waals surface area contributed by atoms with Gasteiger partial charge >= 0.3 is 0 Å². The van der Waals surface area contributed by atoms with Crippen LogP contribution in [0.4, 0.5) is 0 Å². The van der Waals surface area contributed by atoms with Crippen LogP contribution >= 0.6 is 39.3 Å². The van der Waals surface area contributed by atoms with Gasteiger partial charge in [0.2, 0.25) is 0 Å². The summed E-state index contributed by atoms with van der Waals surface area (Å²) in [4.78, 5) is 17.0. The number of nitrogens with zero attached hydrogens (tertiary/aromatic N) is 1. The molecular formula is C21H21BrClNO3S. The monoisotopic (exact) mass is 481 g/mol. The maximum absolute atomic E-state index is 13.7. The summed E-state index contributed by atoms with van der Waals surface area (Å²) < 4.78 is 11.8. The van der Waals surface area contributed by atoms with Gasteiger partial charge in [-0.05, 0) is 48.9 Å². The van der Waals surface area contributed by atoms with Crippen LogP contribution in [0.5, 0.6) is 5.75 Å². The van der Waals surface area contributed by atoms with Crippen LogP contribution in [0, 0.1) is 6.92 Å². The molecule has 148 valence electrons. The molecule has 2 heterocycles. The van der Waals surface area contributed by atoms with E-state index in [1.165, 1.54) is 0 Å². The number of Topliss-reactive ketones (excluding diaryl/α,β-unsaturated/α-hetero) is 1. The summed E-state index contributed by atoms with van der Waals surface area (Å²) in [6.45, 7) is 5.98. The van der Waals surface area contributed by atoms with Crippen molar-refractivity contribution in [2.75, 3.05) is 39.5 Å². The van der Waals surface area contributed by atoms with Crippen molar-refractivity contribution in [3.05, 3.63) is 57.0 Å². The molecule has 1 fully saturated rings. The van der Waals surface area contributed by atoms with Crippen LogP contribution in [0.3, 0.4) is 0 Å². The quantitative estimate of drug-likeness (QED) is 0.623. The number of carbonyl (C=O) groups excluding carboxylic acids is 1. The molecule has 0 spiro atoms. The number of thioether (sulfide) groups is 1. The average Bonchev–Trinajstić information content (AvgIpc) is 2.69. The number of ether oxygens (including phenoxy) is 2. The molecule has 0 aliphatic carbocycles. The van der Waals surface area contributed by atoms with E-state index in [1.54, 1.807) is 11.8 Å². The van der Waals surface area contributed by atoms with E-state index in [-0.39, 0.29) is 5.78 Å². The van der Waals surface area contributed by atoms with E-state index in [0.29, 0.717) is 42.7 Å². The first kappa shape index (κ1) is 20.2. The summed E-state index contributed by atoms with van der Waals surface area (Å²) in [5.74, 6) is 0.779. The van der Waals surface area contributed by atoms with Crippen molar-refractivity contribution in [1.29, 1.82) is 0 Å². The molecule has 0 aromatic heterocycles. The normalized spacial score (nSPS) is 22.6. The lowest BCUT2D eigenvalue weighted by Crippen LogP contribution is -2.54. The maximum Gasteiger partial charge on any atom is 0.187 e. The highest BCUT2D eigenvalue weighted by molar-refractivity contribution is 9.10. The minimum atomic E-state index is -0.715. The van der Waals surface area contributed by atoms with Crippen molar-refractivity contribution in [2.24, 2.45) is 0 Å². The standard InChI is InChI=1S/C21H21BrClNO3S/c1-14-10-19-17(11-18(14)22)20(25)21(13-27-19,12-24-6-8-26-9-7-24)28-16-4-2-15(23)3-5-16/h2-5,10-11H,6-9,12-13H2,1H3/t21-/m1/s1. The maximum atomic E-state index is 13.7. The van der Waals surface area contributed by atoms with Gasteiger partial charge in [-0.2, -0.15) is 0 Å². The van der Waals surface area contributed by atoms with E-state index in [1.807, 2.05) is 43.3 Å². The highest BCUT2D eigenvalue weighted by Crippen LogP contribution is 2.43. The third kappa shape index (κ3) is 4.12. The Kier molecular flexibility index (Phi) is 6.04. The lowest BCUT2D eigenvalue weighted by atomic mass is 9.92. The summed E-state index contributed by atoms with van der Waals surface area (Å²) in [5.41, 5.74) is 1.69. The predicted octanol–water partition coefficient (Wildman–Crippen LogP) is 4.85. The molecule has 1 saturated heterocycles. The molecule has 4 nitrogen and oxygen atoms in total. The number of fused-ring (bicyclic) bond motifs is 1. The zero-order valence-corrected chi connectivity index (χ0v) is 18.7. The van der Waals surface area contributed by atoms with Crippen molar-refractivity contribution < 1.29 is 14.3 Å². The van der Waals surface area contributed by atoms with Crippen LogP contribution in [-0.2, 0) is 4.74 Å². The fraction of sp³-hybridized carbons (Fsp3) is 0.381. The summed E-state index contributed by atoms with van der Waals surface area (Å²) in [6, 6.07) is 11.5. The Labute approximate surface area is 182 Å². The second kappa shape index (κ2) is 8.36. The van der Waals surface area contributed by atoms with Crippen LogP contribution in [0.25, 0.3) is 0 Å². The van der Waals surface area contributed by atoms with Crippen molar-refractivity contribution >= 4 is 45.1 Å². The number of benzene rings is 2. The van der Waals surface area contributed by atoms with Gasteiger partial charge in [0.25, 0.3) is 0 Å². The molecule has 2 aliphatic rings. The molecule has 0 unspecified atom stereocenters. The Morgan fingerprint density at radius 2 is 1.93 bits per heavy atom. The lowest BCUT2D eigenvalue weighted by molar-refractivity contribution is 0.0287. The molecule has 4 rings (SSSR count). The molecule has 0 radical (unpaired) electrons. The summed E-state index contributed by atoms with van der Waals surface area (Å²) in [6.07, 6.45) is 0. The molecule has 0 amide bonds. The zero-order valence-electron chi connectivity index (χ0n) is 15.5. The number of ketones is 1. The molecule has 2 aliphatic heterocycles. The number of halogens is 2. The van der Waals surface area contributed by atoms with Gasteiger partial charge in [0.05, 0.1) is 18.8 Å². The molecule has 2 aromatic rings. The van der Waals surface area contributed by atoms with Crippen molar-refractivity contribution in [3.8, 4) is 5.75 Å². The highest BCUT2D eigenvalue weighted by atomic mass is 79.9. The van der Waals surface area contributed by atoms with Gasteiger partial charge in [-0.25, -0.2) is 0 Å². The largest absolute Gasteiger partial charge is 0.491 e. The van der Waals surface area contributed by atoms with Gasteiger partial charge < -0.3 is 9.47 Å². The topological polar surface area (TPSA) is 38.8 Å². The van der Waals surface area contributed by atoms with E-state index in [4.69, 9.17) is 21.1 Å². The van der Waals surface area contributed by atoms with Gasteiger partial charge in [-0.15, -0.1) is 11.8 Å². The highest BCUT2D eigenvalue weighted by Gasteiger charge is 2.46. The van der Waals surface area contributed by atoms with Gasteiger partial charge in [-0.3, -0.25) is 9.69 Å². The number of carbonyl (C=O) groups is 1. The minimum absolute atomic E-state index is 0.112. The number of hydrogen-bond donors (Lipinski definition) is 0. The molecule has 0 saturated carbocycles. The second-order valence-electron chi connectivity index (χ2n) is 7.15. The van der Waals surface area contributed by atoms with Gasteiger partial charge in [0.1, 0.15) is 17.1 Å². The van der Waals surface area contributed by atoms with Crippen LogP contribution in [0.1, 0.15) is 15.9 Å². The number of aryl methyl sites for hydroxylation is 1. The van der Waals surface area contributed by atoms with Crippen molar-refractivity contribution in [1.82, 2.24) is 4.90 Å². The Hall–Kier alpha value is -1.05. The molecule has 0 bridgehead atoms. The van der Waals surface area contributed by atoms with Crippen LogP contribution in [0.15, 0.2) is 45.8 Å². The average molecular weight is 483 g/mol. The van der Waals surface area contributed by atoms with E-state index in [2.05, 4.69) is 20.8 Å². The number of morpholine rings is 1. The summed E-state index contributed by atoms with van der Waals surface area (Å²) in [5, 5.41) is 0.683. The first-order chi connectivity index (χ1) is 13.5. The van der Waals surface area contributed by atoms with E-state index in [9.17, 15) is 4.79 Å². The third-order valence-electron chi connectivity index (χ3n) is 5.09. The Bertz CT molecular complexity index is 886. The SMILES string of the molecule is Cc1cc2c(cc1Br)C(=O)[C@](CN1CCOCC1)(Sc1ccc(Cl)cc1)CO2. The number of rotatable bonds is 4. The van der Waals surface area contributed by atoms with Crippen molar-refractivity contribution in [3.63, 3.8) is 0 Å². The molecule has 1 atom stereocenters. The van der Waals surface area contributed by atoms with Gasteiger partial charge in [-0.1, -0.05) is 27.5 Å². The Balaban J connectivity index is 1.70. The smallest absolute Gasteiger partial charge is 0.187 e. The number of hydrogen-bond acceptors (Lipinski definition) is 5. The summed E-state index contributed by atoms with van der Waals surface area (Å²) >= 11 is 11.2. The first-order valence-electron chi connectivity index (χ1n) is 9.19. The third-order valence-corrected chi connectivity index (χ3v) is 7.53. The predicted molar refractivity (Wildman–Crippen MR) is 116 cm³/mol. The molecule has 0 N–H and O–H groups in total. The van der Waals surface area contributed by atoms with Gasteiger partial charge in [0.15, 0.2) is 5.78 Å². The molecule has 7 heteroatoms. The molecule has 2 aromatic carbocycles. The zero-order chi connectivity index (χ0) is 19.7. The van der Waals surface area contributed by atoms with Gasteiger partial charge in [0, 0.05) is 34.0 Å². The lowest BCUT2D eigenvalue weighted by Gasteiger charge is -2.40. The van der Waals surface area contributed by atoms with Crippen molar-refractivity contribution in [2.45, 2.75) is 16.6 Å². The van der Waals surface area contributed by atoms with Crippen LogP contribution in [0.2, 0.25) is 5.02 Å². The second-order valence-corrected chi connectivity index (χ2v) is 9.90.